The van der Waals surface area contributed by atoms with E-state index in [0.717, 1.165) is 112 Å². The second-order valence-electron chi connectivity index (χ2n) is 15.4. The van der Waals surface area contributed by atoms with Crippen LogP contribution in [0.4, 0.5) is 5.69 Å². The van der Waals surface area contributed by atoms with E-state index in [2.05, 4.69) is 124 Å². The second kappa shape index (κ2) is 24.5. The van der Waals surface area contributed by atoms with Crippen LogP contribution in [0.1, 0.15) is 64.6 Å². The minimum Gasteiger partial charge on any atom is -0.388 e. The van der Waals surface area contributed by atoms with Gasteiger partial charge >= 0.3 is 0 Å². The Balaban J connectivity index is 0.000000157. The summed E-state index contributed by atoms with van der Waals surface area (Å²) < 4.78 is 0. The van der Waals surface area contributed by atoms with E-state index >= 15 is 0 Å². The standard InChI is InChI=1S/C21H16N4.C15H12N4.C9H10N2.C7H9N.3C2H6/c1-13-22-17-9-7-15(11-19(17)23-13)16-8-10-18-20(12-16)25-21(24-18)14-5-3-2-4-6-14;1-9-16-11-7-13-14(8-12(11)17-9)19-15(18-13)10-5-3-2-4-6-10;1-6-3-4-8-9(5-6)11-7(2)10-8;1-8-7-5-3-2-4-6-7;3*1-2/h2-12H,1H3,(H,22,23)(H,24,25);2-8H,1H3,(H,16,17)(H,18,19);3-5H,1-2H3,(H,10,11);2-6,8H,1H3;3*1-2H3. The van der Waals surface area contributed by atoms with Gasteiger partial charge in [-0.25, -0.2) is 24.9 Å². The zero-order valence-corrected chi connectivity index (χ0v) is 41.7. The van der Waals surface area contributed by atoms with Gasteiger partial charge in [-0.3, -0.25) is 0 Å². The second-order valence-corrected chi connectivity index (χ2v) is 15.4. The summed E-state index contributed by atoms with van der Waals surface area (Å²) in [5.41, 5.74) is 17.1. The maximum atomic E-state index is 4.70. The van der Waals surface area contributed by atoms with Crippen molar-refractivity contribution in [3.8, 4) is 33.9 Å². The van der Waals surface area contributed by atoms with E-state index < -0.39 is 0 Å². The van der Waals surface area contributed by atoms with Gasteiger partial charge < -0.3 is 30.2 Å². The molecule has 0 spiro atoms. The minimum atomic E-state index is 0.889. The predicted octanol–water partition coefficient (Wildman–Crippen LogP) is 15.5. The van der Waals surface area contributed by atoms with Crippen molar-refractivity contribution in [3.63, 3.8) is 0 Å². The van der Waals surface area contributed by atoms with Gasteiger partial charge in [-0.15, -0.1) is 0 Å². The van der Waals surface area contributed by atoms with Crippen LogP contribution in [0, 0.1) is 27.7 Å². The van der Waals surface area contributed by atoms with E-state index in [9.17, 15) is 0 Å². The third-order valence-corrected chi connectivity index (χ3v) is 10.5. The summed E-state index contributed by atoms with van der Waals surface area (Å²) in [6, 6.07) is 53.3. The van der Waals surface area contributed by atoms with Crippen molar-refractivity contribution < 1.29 is 0 Å². The van der Waals surface area contributed by atoms with E-state index in [-0.39, 0.29) is 0 Å². The molecule has 0 aliphatic heterocycles. The molecule has 7 aromatic carbocycles. The highest BCUT2D eigenvalue weighted by atomic mass is 15.0. The first-order valence-corrected chi connectivity index (χ1v) is 23.8. The molecule has 0 bridgehead atoms. The fraction of sp³-hybridized carbons (Fsp3) is 0.190. The molecule has 12 rings (SSSR count). The number of rotatable bonds is 4. The molecule has 11 heteroatoms. The number of imidazole rings is 5. The Hall–Kier alpha value is -8.31. The maximum absolute atomic E-state index is 4.70. The molecule has 352 valence electrons. The number of nitrogens with one attached hydrogen (secondary N) is 6. The summed E-state index contributed by atoms with van der Waals surface area (Å²) in [6.45, 7) is 20.0. The number of anilines is 1. The lowest BCUT2D eigenvalue weighted by Gasteiger charge is -2.01. The number of benzene rings is 7. The Morgan fingerprint density at radius 3 is 1.16 bits per heavy atom. The first-order valence-electron chi connectivity index (χ1n) is 23.8. The Bertz CT molecular complexity index is 3380. The number of nitrogens with zero attached hydrogens (tertiary/aromatic N) is 5. The summed E-state index contributed by atoms with van der Waals surface area (Å²) >= 11 is 0. The van der Waals surface area contributed by atoms with E-state index in [1.165, 1.54) is 5.56 Å². The highest BCUT2D eigenvalue weighted by molar-refractivity contribution is 5.93. The highest BCUT2D eigenvalue weighted by Crippen LogP contribution is 2.28. The van der Waals surface area contributed by atoms with Crippen LogP contribution in [0.3, 0.4) is 0 Å². The predicted molar refractivity (Wildman–Crippen MR) is 293 cm³/mol. The van der Waals surface area contributed by atoms with E-state index in [4.69, 9.17) is 4.98 Å². The molecular weight excluding hydrogens is 851 g/mol. The lowest BCUT2D eigenvalue weighted by Crippen LogP contribution is -1.84. The van der Waals surface area contributed by atoms with Crippen molar-refractivity contribution in [1.82, 2.24) is 49.8 Å². The lowest BCUT2D eigenvalue weighted by atomic mass is 10.0. The van der Waals surface area contributed by atoms with Crippen molar-refractivity contribution >= 4 is 60.9 Å². The van der Waals surface area contributed by atoms with Crippen molar-refractivity contribution in [3.05, 3.63) is 181 Å². The topological polar surface area (TPSA) is 155 Å². The molecular formula is C58H65N11. The van der Waals surface area contributed by atoms with E-state index in [1.54, 1.807) is 0 Å². The largest absolute Gasteiger partial charge is 0.388 e. The van der Waals surface area contributed by atoms with Crippen LogP contribution < -0.4 is 5.32 Å². The molecule has 6 N–H and O–H groups in total. The Morgan fingerprint density at radius 2 is 0.681 bits per heavy atom. The lowest BCUT2D eigenvalue weighted by molar-refractivity contribution is 1.17. The number of hydrogen-bond acceptors (Lipinski definition) is 6. The van der Waals surface area contributed by atoms with Gasteiger partial charge in [0.1, 0.15) is 29.1 Å². The highest BCUT2D eigenvalue weighted by Gasteiger charge is 2.10. The SMILES string of the molecule is CC.CC.CC.CNc1ccccc1.Cc1ccc2nc(C)[nH]c2c1.Cc1nc2cc3nc(-c4ccccc4)[nH]c3cc2[nH]1.Cc1nc2ccc(-c3ccc4nc(-c5ccccc5)[nH]c4c3)cc2[nH]1. The van der Waals surface area contributed by atoms with Crippen LogP contribution in [0.5, 0.6) is 0 Å². The van der Waals surface area contributed by atoms with Crippen LogP contribution in [0.15, 0.2) is 158 Å². The number of hydrogen-bond donors (Lipinski definition) is 6. The van der Waals surface area contributed by atoms with Gasteiger partial charge in [-0.2, -0.15) is 0 Å². The molecule has 0 unspecified atom stereocenters. The number of aryl methyl sites for hydroxylation is 4. The fourth-order valence-electron chi connectivity index (χ4n) is 7.47. The van der Waals surface area contributed by atoms with Crippen molar-refractivity contribution in [1.29, 1.82) is 0 Å². The molecule has 5 heterocycles. The molecule has 0 aliphatic rings. The zero-order valence-electron chi connectivity index (χ0n) is 41.7. The smallest absolute Gasteiger partial charge is 0.138 e. The minimum absolute atomic E-state index is 0.889. The van der Waals surface area contributed by atoms with Gasteiger partial charge in [0, 0.05) is 23.9 Å². The average molecular weight is 916 g/mol. The fourth-order valence-corrected chi connectivity index (χ4v) is 7.47. The zero-order chi connectivity index (χ0) is 49.3. The van der Waals surface area contributed by atoms with Crippen LogP contribution >= 0.6 is 0 Å². The number of aromatic amines is 5. The number of fused-ring (bicyclic) bond motifs is 5. The molecule has 5 aromatic heterocycles. The Morgan fingerprint density at radius 1 is 0.319 bits per heavy atom. The first-order chi connectivity index (χ1) is 33.7. The van der Waals surface area contributed by atoms with Gasteiger partial charge in [0.2, 0.25) is 0 Å². The molecule has 0 fully saturated rings. The normalized spacial score (nSPS) is 10.2. The molecule has 11 nitrogen and oxygen atoms in total. The van der Waals surface area contributed by atoms with Crippen molar-refractivity contribution in [2.24, 2.45) is 0 Å². The van der Waals surface area contributed by atoms with Crippen LogP contribution in [-0.4, -0.2) is 56.9 Å². The van der Waals surface area contributed by atoms with Crippen LogP contribution in [-0.2, 0) is 0 Å². The van der Waals surface area contributed by atoms with Gasteiger partial charge in [0.05, 0.1) is 55.2 Å². The molecule has 0 aliphatic carbocycles. The van der Waals surface area contributed by atoms with Crippen LogP contribution in [0.2, 0.25) is 0 Å². The van der Waals surface area contributed by atoms with E-state index in [0.29, 0.717) is 0 Å². The van der Waals surface area contributed by atoms with Gasteiger partial charge in [-0.05, 0) is 105 Å². The van der Waals surface area contributed by atoms with Crippen LogP contribution in [0.25, 0.3) is 89.1 Å². The molecule has 0 saturated heterocycles. The number of aromatic nitrogens is 10. The third-order valence-electron chi connectivity index (χ3n) is 10.5. The van der Waals surface area contributed by atoms with E-state index in [1.807, 2.05) is 160 Å². The summed E-state index contributed by atoms with van der Waals surface area (Å²) in [5.74, 6) is 4.62. The average Bonchev–Trinajstić information content (AvgIpc) is 4.25. The Labute approximate surface area is 405 Å². The Kier molecular flexibility index (Phi) is 17.8. The van der Waals surface area contributed by atoms with Gasteiger partial charge in [0.25, 0.3) is 0 Å². The van der Waals surface area contributed by atoms with Crippen molar-refractivity contribution in [2.75, 3.05) is 12.4 Å². The summed E-state index contributed by atoms with van der Waals surface area (Å²) in [7, 11) is 1.91. The summed E-state index contributed by atoms with van der Waals surface area (Å²) in [5, 5.41) is 3.03. The summed E-state index contributed by atoms with van der Waals surface area (Å²) in [6.07, 6.45) is 0. The molecule has 0 atom stereocenters. The molecule has 12 aromatic rings. The first kappa shape index (κ1) is 50.1. The quantitative estimate of drug-likeness (QED) is 0.103. The molecule has 0 radical (unpaired) electrons. The molecule has 0 amide bonds. The van der Waals surface area contributed by atoms with Gasteiger partial charge in [-0.1, -0.05) is 139 Å². The third kappa shape index (κ3) is 12.8. The number of para-hydroxylation sites is 1. The molecule has 0 saturated carbocycles. The monoisotopic (exact) mass is 916 g/mol. The van der Waals surface area contributed by atoms with Crippen molar-refractivity contribution in [2.45, 2.75) is 69.2 Å². The summed E-state index contributed by atoms with van der Waals surface area (Å²) in [4.78, 5) is 39.0. The maximum Gasteiger partial charge on any atom is 0.138 e. The van der Waals surface area contributed by atoms with Gasteiger partial charge in [0.15, 0.2) is 0 Å². The number of H-pyrrole nitrogens is 5. The molecule has 69 heavy (non-hydrogen) atoms.